The summed E-state index contributed by atoms with van der Waals surface area (Å²) in [7, 11) is 1.18. The normalized spacial score (nSPS) is 19.9. The Morgan fingerprint density at radius 2 is 2.00 bits per heavy atom. The summed E-state index contributed by atoms with van der Waals surface area (Å²) in [6, 6.07) is 0. The summed E-state index contributed by atoms with van der Waals surface area (Å²) in [4.78, 5) is 22.6. The fourth-order valence-electron chi connectivity index (χ4n) is 2.24. The van der Waals surface area contributed by atoms with Crippen molar-refractivity contribution < 1.29 is 19.4 Å². The Kier molecular flexibility index (Phi) is 5.55. The van der Waals surface area contributed by atoms with Gasteiger partial charge in [-0.25, -0.2) is 4.79 Å². The number of aliphatic hydroxyl groups is 1. The summed E-state index contributed by atoms with van der Waals surface area (Å²) >= 11 is 0. The molecule has 104 valence electrons. The number of ether oxygens (including phenoxy) is 1. The van der Waals surface area contributed by atoms with Crippen molar-refractivity contribution >= 4 is 11.9 Å². The smallest absolute Gasteiger partial charge is 0.336 e. The lowest BCUT2D eigenvalue weighted by Crippen LogP contribution is -2.47. The standard InChI is InChI=1S/C12H22N2O4/c1-18-11(17)9(15)8-14-10(16)7-12(13)5-3-2-4-6-12/h9,15H,2-8,13H2,1H3,(H,14,16). The molecule has 0 spiro atoms. The minimum absolute atomic E-state index is 0.137. The fraction of sp³-hybridized carbons (Fsp3) is 0.833. The van der Waals surface area contributed by atoms with Crippen molar-refractivity contribution in [3.63, 3.8) is 0 Å². The van der Waals surface area contributed by atoms with Crippen molar-refractivity contribution in [3.05, 3.63) is 0 Å². The number of nitrogens with one attached hydrogen (secondary N) is 1. The van der Waals surface area contributed by atoms with Crippen LogP contribution in [-0.2, 0) is 14.3 Å². The SMILES string of the molecule is COC(=O)C(O)CNC(=O)CC1(N)CCCCC1. The van der Waals surface area contributed by atoms with Crippen molar-refractivity contribution in [1.29, 1.82) is 0 Å². The topological polar surface area (TPSA) is 102 Å². The van der Waals surface area contributed by atoms with Crippen LogP contribution in [0.5, 0.6) is 0 Å². The molecule has 0 aromatic heterocycles. The average molecular weight is 258 g/mol. The minimum atomic E-state index is -1.32. The third kappa shape index (κ3) is 4.62. The number of hydrogen-bond donors (Lipinski definition) is 3. The first-order valence-electron chi connectivity index (χ1n) is 6.28. The highest BCUT2D eigenvalue weighted by molar-refractivity contribution is 5.79. The third-order valence-corrected chi connectivity index (χ3v) is 3.33. The lowest BCUT2D eigenvalue weighted by molar-refractivity contribution is -0.150. The Morgan fingerprint density at radius 3 is 2.56 bits per heavy atom. The number of esters is 1. The largest absolute Gasteiger partial charge is 0.467 e. The highest BCUT2D eigenvalue weighted by Gasteiger charge is 2.30. The highest BCUT2D eigenvalue weighted by Crippen LogP contribution is 2.28. The van der Waals surface area contributed by atoms with Crippen LogP contribution in [0.15, 0.2) is 0 Å². The van der Waals surface area contributed by atoms with E-state index >= 15 is 0 Å². The first-order valence-corrected chi connectivity index (χ1v) is 6.28. The van der Waals surface area contributed by atoms with Crippen LogP contribution in [-0.4, -0.2) is 42.3 Å². The predicted molar refractivity (Wildman–Crippen MR) is 65.7 cm³/mol. The molecule has 0 radical (unpaired) electrons. The zero-order valence-corrected chi connectivity index (χ0v) is 10.8. The molecule has 4 N–H and O–H groups in total. The molecule has 1 fully saturated rings. The average Bonchev–Trinajstić information content (AvgIpc) is 2.35. The molecule has 6 heteroatoms. The van der Waals surface area contributed by atoms with E-state index in [-0.39, 0.29) is 18.9 Å². The number of nitrogens with two attached hydrogens (primary N) is 1. The van der Waals surface area contributed by atoms with E-state index in [9.17, 15) is 14.7 Å². The lowest BCUT2D eigenvalue weighted by atomic mass is 9.80. The van der Waals surface area contributed by atoms with Gasteiger partial charge in [0.1, 0.15) is 0 Å². The summed E-state index contributed by atoms with van der Waals surface area (Å²) in [5.74, 6) is -0.988. The molecule has 0 aromatic carbocycles. The summed E-state index contributed by atoms with van der Waals surface area (Å²) in [6.45, 7) is -0.137. The van der Waals surface area contributed by atoms with Gasteiger partial charge in [-0.05, 0) is 12.8 Å². The first-order chi connectivity index (χ1) is 8.47. The number of hydrogen-bond acceptors (Lipinski definition) is 5. The maximum atomic E-state index is 11.7. The van der Waals surface area contributed by atoms with Crippen molar-refractivity contribution in [3.8, 4) is 0 Å². The molecule has 1 aliphatic rings. The van der Waals surface area contributed by atoms with E-state index in [1.54, 1.807) is 0 Å². The first kappa shape index (κ1) is 14.9. The van der Waals surface area contributed by atoms with E-state index in [0.29, 0.717) is 0 Å². The van der Waals surface area contributed by atoms with Gasteiger partial charge in [0.05, 0.1) is 13.7 Å². The Balaban J connectivity index is 2.30. The monoisotopic (exact) mass is 258 g/mol. The third-order valence-electron chi connectivity index (χ3n) is 3.33. The van der Waals surface area contributed by atoms with Gasteiger partial charge in [0.2, 0.25) is 5.91 Å². The van der Waals surface area contributed by atoms with Crippen LogP contribution in [0, 0.1) is 0 Å². The molecule has 1 saturated carbocycles. The molecule has 18 heavy (non-hydrogen) atoms. The molecule has 1 amide bonds. The van der Waals surface area contributed by atoms with Crippen molar-refractivity contribution in [2.45, 2.75) is 50.2 Å². The number of carbonyl (C=O) groups is 2. The highest BCUT2D eigenvalue weighted by atomic mass is 16.5. The number of methoxy groups -OCH3 is 1. The van der Waals surface area contributed by atoms with Gasteiger partial charge >= 0.3 is 5.97 Å². The maximum absolute atomic E-state index is 11.7. The molecular weight excluding hydrogens is 236 g/mol. The van der Waals surface area contributed by atoms with E-state index < -0.39 is 17.6 Å². The predicted octanol–water partition coefficient (Wildman–Crippen LogP) is -0.312. The zero-order chi connectivity index (χ0) is 13.6. The number of carbonyl (C=O) groups excluding carboxylic acids is 2. The van der Waals surface area contributed by atoms with Crippen LogP contribution >= 0.6 is 0 Å². The molecule has 0 saturated heterocycles. The zero-order valence-electron chi connectivity index (χ0n) is 10.8. The van der Waals surface area contributed by atoms with Gasteiger partial charge in [0.25, 0.3) is 0 Å². The second-order valence-electron chi connectivity index (χ2n) is 4.94. The van der Waals surface area contributed by atoms with E-state index in [0.717, 1.165) is 25.7 Å². The molecule has 1 unspecified atom stereocenters. The second kappa shape index (κ2) is 6.70. The maximum Gasteiger partial charge on any atom is 0.336 e. The quantitative estimate of drug-likeness (QED) is 0.587. The Hall–Kier alpha value is -1.14. The Bertz CT molecular complexity index is 300. The van der Waals surface area contributed by atoms with Gasteiger partial charge in [-0.2, -0.15) is 0 Å². The van der Waals surface area contributed by atoms with Gasteiger partial charge in [-0.15, -0.1) is 0 Å². The van der Waals surface area contributed by atoms with E-state index in [1.165, 1.54) is 13.5 Å². The number of aliphatic hydroxyl groups excluding tert-OH is 1. The molecule has 1 atom stereocenters. The molecule has 0 aliphatic heterocycles. The molecule has 0 aromatic rings. The second-order valence-corrected chi connectivity index (χ2v) is 4.94. The van der Waals surface area contributed by atoms with E-state index in [4.69, 9.17) is 5.73 Å². The van der Waals surface area contributed by atoms with Crippen molar-refractivity contribution in [2.75, 3.05) is 13.7 Å². The van der Waals surface area contributed by atoms with Gasteiger partial charge in [-0.1, -0.05) is 19.3 Å². The van der Waals surface area contributed by atoms with Gasteiger partial charge in [0, 0.05) is 12.0 Å². The summed E-state index contributed by atoms with van der Waals surface area (Å²) in [6.07, 6.45) is 3.88. The van der Waals surface area contributed by atoms with Crippen molar-refractivity contribution in [1.82, 2.24) is 5.32 Å². The summed E-state index contributed by atoms with van der Waals surface area (Å²) in [5.41, 5.74) is 5.71. The molecule has 1 rings (SSSR count). The van der Waals surface area contributed by atoms with Gasteiger partial charge < -0.3 is 20.9 Å². The van der Waals surface area contributed by atoms with Crippen LogP contribution in [0.25, 0.3) is 0 Å². The molecule has 1 aliphatic carbocycles. The summed E-state index contributed by atoms with van der Waals surface area (Å²) < 4.78 is 4.35. The van der Waals surface area contributed by atoms with Crippen molar-refractivity contribution in [2.24, 2.45) is 5.73 Å². The molecule has 6 nitrogen and oxygen atoms in total. The molecule has 0 heterocycles. The number of rotatable bonds is 5. The van der Waals surface area contributed by atoms with E-state index in [2.05, 4.69) is 10.1 Å². The van der Waals surface area contributed by atoms with Crippen LogP contribution in [0.1, 0.15) is 38.5 Å². The van der Waals surface area contributed by atoms with Crippen LogP contribution in [0.2, 0.25) is 0 Å². The van der Waals surface area contributed by atoms with Crippen LogP contribution in [0.3, 0.4) is 0 Å². The molecule has 0 bridgehead atoms. The van der Waals surface area contributed by atoms with Crippen LogP contribution in [0.4, 0.5) is 0 Å². The Morgan fingerprint density at radius 1 is 1.39 bits per heavy atom. The molecular formula is C12H22N2O4. The van der Waals surface area contributed by atoms with Crippen LogP contribution < -0.4 is 11.1 Å². The summed E-state index contributed by atoms with van der Waals surface area (Å²) in [5, 5.41) is 11.8. The Labute approximate surface area is 107 Å². The van der Waals surface area contributed by atoms with Gasteiger partial charge in [0.15, 0.2) is 6.10 Å². The number of amides is 1. The van der Waals surface area contributed by atoms with Gasteiger partial charge in [-0.3, -0.25) is 4.79 Å². The minimum Gasteiger partial charge on any atom is -0.467 e. The van der Waals surface area contributed by atoms with E-state index in [1.807, 2.05) is 0 Å². The fourth-order valence-corrected chi connectivity index (χ4v) is 2.24. The lowest BCUT2D eigenvalue weighted by Gasteiger charge is -2.32.